The maximum Gasteiger partial charge on any atom is 0.131 e. The molecule has 1 aromatic carbocycles. The summed E-state index contributed by atoms with van der Waals surface area (Å²) in [5.41, 5.74) is 0.951. The lowest BCUT2D eigenvalue weighted by Gasteiger charge is -2.19. The van der Waals surface area contributed by atoms with E-state index in [2.05, 4.69) is 28.2 Å². The molecule has 0 radical (unpaired) electrons. The number of aryl methyl sites for hydroxylation is 1. The number of benzene rings is 1. The van der Waals surface area contributed by atoms with Crippen molar-refractivity contribution >= 4 is 27.3 Å². The molecule has 1 unspecified atom stereocenters. The average molecular weight is 360 g/mol. The van der Waals surface area contributed by atoms with E-state index in [1.165, 1.54) is 0 Å². The molecule has 0 saturated carbocycles. The highest BCUT2D eigenvalue weighted by Crippen LogP contribution is 2.33. The zero-order valence-corrected chi connectivity index (χ0v) is 13.7. The minimum absolute atomic E-state index is 0.245. The molecule has 20 heavy (non-hydrogen) atoms. The van der Waals surface area contributed by atoms with Crippen LogP contribution in [-0.4, -0.2) is 6.54 Å². The molecule has 2 rings (SSSR count). The molecule has 0 spiro atoms. The SMILES string of the molecule is CCCNC(c1ccc(Br)s1)c1cc(C)c(F)cc1F. The van der Waals surface area contributed by atoms with Crippen LogP contribution in [0.2, 0.25) is 0 Å². The van der Waals surface area contributed by atoms with Crippen LogP contribution in [0.1, 0.15) is 35.4 Å². The highest BCUT2D eigenvalue weighted by molar-refractivity contribution is 9.11. The number of hydrogen-bond acceptors (Lipinski definition) is 2. The molecule has 5 heteroatoms. The Bertz CT molecular complexity index is 598. The van der Waals surface area contributed by atoms with Gasteiger partial charge >= 0.3 is 0 Å². The maximum atomic E-state index is 14.1. The van der Waals surface area contributed by atoms with Crippen molar-refractivity contribution in [2.45, 2.75) is 26.3 Å². The van der Waals surface area contributed by atoms with E-state index >= 15 is 0 Å². The van der Waals surface area contributed by atoms with Crippen molar-refractivity contribution in [2.24, 2.45) is 0 Å². The van der Waals surface area contributed by atoms with Crippen molar-refractivity contribution in [3.8, 4) is 0 Å². The second-order valence-corrected chi connectivity index (χ2v) is 7.15. The van der Waals surface area contributed by atoms with Gasteiger partial charge in [-0.3, -0.25) is 0 Å². The van der Waals surface area contributed by atoms with Gasteiger partial charge in [-0.2, -0.15) is 0 Å². The van der Waals surface area contributed by atoms with Crippen molar-refractivity contribution in [1.29, 1.82) is 0 Å². The third-order valence-corrected chi connectivity index (χ3v) is 4.75. The highest BCUT2D eigenvalue weighted by atomic mass is 79.9. The maximum absolute atomic E-state index is 14.1. The number of thiophene rings is 1. The van der Waals surface area contributed by atoms with Crippen LogP contribution in [0, 0.1) is 18.6 Å². The minimum atomic E-state index is -0.508. The number of hydrogen-bond donors (Lipinski definition) is 1. The van der Waals surface area contributed by atoms with Crippen LogP contribution < -0.4 is 5.32 Å². The molecule has 0 aliphatic heterocycles. The molecule has 1 N–H and O–H groups in total. The summed E-state index contributed by atoms with van der Waals surface area (Å²) < 4.78 is 28.5. The van der Waals surface area contributed by atoms with Gasteiger partial charge in [0.25, 0.3) is 0 Å². The highest BCUT2D eigenvalue weighted by Gasteiger charge is 2.20. The quantitative estimate of drug-likeness (QED) is 0.774. The van der Waals surface area contributed by atoms with E-state index in [9.17, 15) is 8.78 Å². The number of halogens is 3. The van der Waals surface area contributed by atoms with Crippen molar-refractivity contribution in [3.05, 3.63) is 55.7 Å². The lowest BCUT2D eigenvalue weighted by Crippen LogP contribution is -2.23. The lowest BCUT2D eigenvalue weighted by molar-refractivity contribution is 0.533. The summed E-state index contributed by atoms with van der Waals surface area (Å²) in [5.74, 6) is -1.01. The zero-order chi connectivity index (χ0) is 14.7. The summed E-state index contributed by atoms with van der Waals surface area (Å²) in [6.45, 7) is 4.48. The van der Waals surface area contributed by atoms with Crippen molar-refractivity contribution in [1.82, 2.24) is 5.32 Å². The van der Waals surface area contributed by atoms with Gasteiger partial charge in [0.2, 0.25) is 0 Å². The first-order valence-electron chi connectivity index (χ1n) is 6.47. The van der Waals surface area contributed by atoms with Crippen LogP contribution in [0.3, 0.4) is 0 Å². The molecule has 0 bridgehead atoms. The molecular formula is C15H16BrF2NS. The molecule has 1 aromatic heterocycles. The van der Waals surface area contributed by atoms with Crippen LogP contribution in [0.25, 0.3) is 0 Å². The summed E-state index contributed by atoms with van der Waals surface area (Å²) in [5, 5.41) is 3.33. The summed E-state index contributed by atoms with van der Waals surface area (Å²) in [4.78, 5) is 1.01. The van der Waals surface area contributed by atoms with Crippen LogP contribution in [0.5, 0.6) is 0 Å². The summed E-state index contributed by atoms with van der Waals surface area (Å²) in [7, 11) is 0. The Labute approximate surface area is 130 Å². The Morgan fingerprint density at radius 1 is 1.25 bits per heavy atom. The first-order chi connectivity index (χ1) is 9.52. The van der Waals surface area contributed by atoms with E-state index in [0.29, 0.717) is 11.1 Å². The van der Waals surface area contributed by atoms with Gasteiger partial charge in [0.15, 0.2) is 0 Å². The molecule has 1 heterocycles. The molecule has 0 fully saturated rings. The van der Waals surface area contributed by atoms with Crippen LogP contribution >= 0.6 is 27.3 Å². The van der Waals surface area contributed by atoms with Gasteiger partial charge in [0.1, 0.15) is 11.6 Å². The van der Waals surface area contributed by atoms with E-state index in [4.69, 9.17) is 0 Å². The largest absolute Gasteiger partial charge is 0.306 e. The van der Waals surface area contributed by atoms with Gasteiger partial charge in [0, 0.05) is 16.5 Å². The first-order valence-corrected chi connectivity index (χ1v) is 8.08. The first kappa shape index (κ1) is 15.6. The molecule has 0 saturated heterocycles. The molecule has 0 amide bonds. The third kappa shape index (κ3) is 3.45. The Hall–Kier alpha value is -0.780. The topological polar surface area (TPSA) is 12.0 Å². The Morgan fingerprint density at radius 3 is 2.60 bits per heavy atom. The zero-order valence-electron chi connectivity index (χ0n) is 11.3. The normalized spacial score (nSPS) is 12.7. The van der Waals surface area contributed by atoms with E-state index in [1.807, 2.05) is 12.1 Å². The van der Waals surface area contributed by atoms with Crippen molar-refractivity contribution < 1.29 is 8.78 Å². The molecule has 1 nitrogen and oxygen atoms in total. The fourth-order valence-corrected chi connectivity index (χ4v) is 3.56. The number of nitrogens with one attached hydrogen (secondary N) is 1. The van der Waals surface area contributed by atoms with Gasteiger partial charge < -0.3 is 5.32 Å². The standard InChI is InChI=1S/C15H16BrF2NS/c1-3-6-19-15(13-4-5-14(16)20-13)10-7-9(2)11(17)8-12(10)18/h4-5,7-8,15,19H,3,6H2,1-2H3. The Morgan fingerprint density at radius 2 is 2.00 bits per heavy atom. The molecule has 0 aliphatic carbocycles. The fourth-order valence-electron chi connectivity index (χ4n) is 2.04. The monoisotopic (exact) mass is 359 g/mol. The predicted octanol–water partition coefficient (Wildman–Crippen LogP) is 5.19. The van der Waals surface area contributed by atoms with Crippen LogP contribution in [0.15, 0.2) is 28.1 Å². The Balaban J connectivity index is 2.43. The second kappa shape index (κ2) is 6.78. The summed E-state index contributed by atoms with van der Waals surface area (Å²) in [6, 6.07) is 6.21. The Kier molecular flexibility index (Phi) is 5.29. The van der Waals surface area contributed by atoms with Gasteiger partial charge in [0.05, 0.1) is 9.83 Å². The smallest absolute Gasteiger partial charge is 0.131 e. The van der Waals surface area contributed by atoms with E-state index in [0.717, 1.165) is 27.7 Å². The molecule has 0 aliphatic rings. The third-order valence-electron chi connectivity index (χ3n) is 3.07. The van der Waals surface area contributed by atoms with E-state index in [1.54, 1.807) is 24.3 Å². The van der Waals surface area contributed by atoms with Crippen molar-refractivity contribution in [2.75, 3.05) is 6.54 Å². The van der Waals surface area contributed by atoms with E-state index < -0.39 is 11.6 Å². The molecule has 1 atom stereocenters. The molecular weight excluding hydrogens is 344 g/mol. The van der Waals surface area contributed by atoms with E-state index in [-0.39, 0.29) is 6.04 Å². The number of rotatable bonds is 5. The van der Waals surface area contributed by atoms with Gasteiger partial charge in [-0.1, -0.05) is 6.92 Å². The minimum Gasteiger partial charge on any atom is -0.306 e. The van der Waals surface area contributed by atoms with Gasteiger partial charge in [-0.25, -0.2) is 8.78 Å². The second-order valence-electron chi connectivity index (χ2n) is 4.65. The summed E-state index contributed by atoms with van der Waals surface area (Å²) in [6.07, 6.45) is 0.949. The summed E-state index contributed by atoms with van der Waals surface area (Å²) >= 11 is 4.98. The van der Waals surface area contributed by atoms with Crippen LogP contribution in [-0.2, 0) is 0 Å². The lowest BCUT2D eigenvalue weighted by atomic mass is 10.0. The fraction of sp³-hybridized carbons (Fsp3) is 0.333. The average Bonchev–Trinajstić information content (AvgIpc) is 2.82. The van der Waals surface area contributed by atoms with Crippen molar-refractivity contribution in [3.63, 3.8) is 0 Å². The molecule has 108 valence electrons. The molecule has 2 aromatic rings. The predicted molar refractivity (Wildman–Crippen MR) is 83.3 cm³/mol. The van der Waals surface area contributed by atoms with Crippen LogP contribution in [0.4, 0.5) is 8.78 Å². The van der Waals surface area contributed by atoms with Gasteiger partial charge in [-0.05, 0) is 59.6 Å². The van der Waals surface area contributed by atoms with Gasteiger partial charge in [-0.15, -0.1) is 11.3 Å².